The molecule has 7 nitrogen and oxygen atoms in total. The smallest absolute Gasteiger partial charge is 0.279 e. The number of phenols is 1. The van der Waals surface area contributed by atoms with Gasteiger partial charge in [0.25, 0.3) is 5.69 Å². The van der Waals surface area contributed by atoms with Crippen LogP contribution in [0, 0.1) is 10.1 Å². The highest BCUT2D eigenvalue weighted by Gasteiger charge is 2.20. The molecule has 0 aliphatic heterocycles. The van der Waals surface area contributed by atoms with E-state index in [2.05, 4.69) is 10.1 Å². The monoisotopic (exact) mass is 270 g/mol. The molecule has 0 amide bonds. The van der Waals surface area contributed by atoms with Crippen molar-refractivity contribution in [1.29, 1.82) is 0 Å². The number of hydrogen-bond acceptors (Lipinski definition) is 5. The summed E-state index contributed by atoms with van der Waals surface area (Å²) in [5.41, 5.74) is 1.43. The Morgan fingerprint density at radius 1 is 1.25 bits per heavy atom. The predicted molar refractivity (Wildman–Crippen MR) is 72.3 cm³/mol. The molecule has 2 aromatic heterocycles. The van der Waals surface area contributed by atoms with Gasteiger partial charge in [0.1, 0.15) is 11.3 Å². The lowest BCUT2D eigenvalue weighted by atomic mass is 10.0. The summed E-state index contributed by atoms with van der Waals surface area (Å²) < 4.78 is 1.61. The zero-order valence-electron chi connectivity index (χ0n) is 10.5. The molecule has 0 radical (unpaired) electrons. The molecule has 2 heterocycles. The van der Waals surface area contributed by atoms with Crippen molar-refractivity contribution >= 4 is 16.6 Å². The Hall–Kier alpha value is -2.96. The van der Waals surface area contributed by atoms with E-state index < -0.39 is 4.92 Å². The summed E-state index contributed by atoms with van der Waals surface area (Å²) in [6, 6.07) is 5.98. The maximum atomic E-state index is 11.2. The third kappa shape index (κ3) is 1.68. The van der Waals surface area contributed by atoms with Crippen molar-refractivity contribution < 1.29 is 10.0 Å². The first kappa shape index (κ1) is 12.1. The summed E-state index contributed by atoms with van der Waals surface area (Å²) in [5, 5.41) is 25.4. The Bertz CT molecular complexity index is 826. The van der Waals surface area contributed by atoms with Gasteiger partial charge in [-0.25, -0.2) is 0 Å². The maximum absolute atomic E-state index is 11.2. The highest BCUT2D eigenvalue weighted by Crippen LogP contribution is 2.37. The first-order chi connectivity index (χ1) is 9.59. The summed E-state index contributed by atoms with van der Waals surface area (Å²) >= 11 is 0. The number of hydrogen-bond donors (Lipinski definition) is 1. The molecule has 3 aromatic rings. The van der Waals surface area contributed by atoms with Crippen LogP contribution < -0.4 is 0 Å². The molecule has 0 aliphatic rings. The van der Waals surface area contributed by atoms with Gasteiger partial charge in [-0.3, -0.25) is 19.8 Å². The van der Waals surface area contributed by atoms with Gasteiger partial charge in [0.2, 0.25) is 0 Å². The molecule has 0 atom stereocenters. The Morgan fingerprint density at radius 3 is 2.70 bits per heavy atom. The fraction of sp³-hybridized carbons (Fsp3) is 0.0769. The summed E-state index contributed by atoms with van der Waals surface area (Å²) in [4.78, 5) is 14.8. The van der Waals surface area contributed by atoms with Gasteiger partial charge in [0.15, 0.2) is 0 Å². The molecule has 0 spiro atoms. The molecule has 1 aromatic carbocycles. The van der Waals surface area contributed by atoms with Crippen molar-refractivity contribution in [2.75, 3.05) is 0 Å². The molecule has 0 unspecified atom stereocenters. The van der Waals surface area contributed by atoms with E-state index >= 15 is 0 Å². The van der Waals surface area contributed by atoms with E-state index in [4.69, 9.17) is 0 Å². The fourth-order valence-electron chi connectivity index (χ4n) is 2.24. The molecule has 100 valence electrons. The number of pyridine rings is 1. The molecule has 1 N–H and O–H groups in total. The van der Waals surface area contributed by atoms with E-state index in [0.717, 1.165) is 0 Å². The standard InChI is InChI=1S/C13H10N4O3/c1-16-9(5-7-15-16)8-4-6-14-13-11(18)3-2-10(12(8)13)17(19)20/h2-7,18H,1H3. The third-order valence-electron chi connectivity index (χ3n) is 3.14. The Labute approximate surface area is 113 Å². The van der Waals surface area contributed by atoms with Gasteiger partial charge in [-0.2, -0.15) is 5.10 Å². The minimum atomic E-state index is -0.483. The highest BCUT2D eigenvalue weighted by molar-refractivity contribution is 6.02. The van der Waals surface area contributed by atoms with Gasteiger partial charge in [-0.15, -0.1) is 0 Å². The summed E-state index contributed by atoms with van der Waals surface area (Å²) in [6.07, 6.45) is 3.12. The topological polar surface area (TPSA) is 94.1 Å². The van der Waals surface area contributed by atoms with Gasteiger partial charge in [0.05, 0.1) is 16.0 Å². The molecular weight excluding hydrogens is 260 g/mol. The van der Waals surface area contributed by atoms with Crippen LogP contribution in [0.25, 0.3) is 22.2 Å². The van der Waals surface area contributed by atoms with Crippen LogP contribution in [0.15, 0.2) is 36.7 Å². The zero-order valence-corrected chi connectivity index (χ0v) is 10.5. The van der Waals surface area contributed by atoms with Gasteiger partial charge < -0.3 is 5.11 Å². The molecule has 0 bridgehead atoms. The minimum absolute atomic E-state index is 0.0883. The predicted octanol–water partition coefficient (Wildman–Crippen LogP) is 2.25. The quantitative estimate of drug-likeness (QED) is 0.569. The second-order valence-corrected chi connectivity index (χ2v) is 4.28. The van der Waals surface area contributed by atoms with E-state index in [-0.39, 0.29) is 17.0 Å². The number of aromatic hydroxyl groups is 1. The first-order valence-electron chi connectivity index (χ1n) is 5.83. The number of benzene rings is 1. The molecule has 7 heteroatoms. The zero-order chi connectivity index (χ0) is 14.3. The number of nitro groups is 1. The van der Waals surface area contributed by atoms with Crippen molar-refractivity contribution in [3.05, 3.63) is 46.8 Å². The Kier molecular flexibility index (Phi) is 2.60. The number of nitro benzene ring substituents is 1. The summed E-state index contributed by atoms with van der Waals surface area (Å²) in [5.74, 6) is -0.0883. The van der Waals surface area contributed by atoms with Crippen molar-refractivity contribution in [1.82, 2.24) is 14.8 Å². The Morgan fingerprint density at radius 2 is 2.05 bits per heavy atom. The molecule has 20 heavy (non-hydrogen) atoms. The number of fused-ring (bicyclic) bond motifs is 1. The maximum Gasteiger partial charge on any atom is 0.279 e. The summed E-state index contributed by atoms with van der Waals surface area (Å²) in [7, 11) is 1.75. The van der Waals surface area contributed by atoms with Crippen LogP contribution in [0.3, 0.4) is 0 Å². The SMILES string of the molecule is Cn1nccc1-c1ccnc2c(O)ccc([N+](=O)[O-])c12. The van der Waals surface area contributed by atoms with Crippen LogP contribution >= 0.6 is 0 Å². The Balaban J connectivity index is 2.47. The van der Waals surface area contributed by atoms with Crippen molar-refractivity contribution in [2.24, 2.45) is 7.05 Å². The first-order valence-corrected chi connectivity index (χ1v) is 5.83. The van der Waals surface area contributed by atoms with Gasteiger partial charge in [0, 0.05) is 31.1 Å². The number of phenolic OH excluding ortho intramolecular Hbond substituents is 1. The van der Waals surface area contributed by atoms with Crippen LogP contribution in [0.5, 0.6) is 5.75 Å². The number of nitrogens with zero attached hydrogens (tertiary/aromatic N) is 4. The highest BCUT2D eigenvalue weighted by atomic mass is 16.6. The number of rotatable bonds is 2. The molecule has 0 saturated carbocycles. The summed E-state index contributed by atoms with van der Waals surface area (Å²) in [6.45, 7) is 0. The lowest BCUT2D eigenvalue weighted by Gasteiger charge is -2.08. The normalized spacial score (nSPS) is 10.8. The molecule has 3 rings (SSSR count). The van der Waals surface area contributed by atoms with Crippen molar-refractivity contribution in [2.45, 2.75) is 0 Å². The molecule has 0 fully saturated rings. The van der Waals surface area contributed by atoms with E-state index in [1.54, 1.807) is 30.1 Å². The lowest BCUT2D eigenvalue weighted by molar-refractivity contribution is -0.383. The van der Waals surface area contributed by atoms with Crippen molar-refractivity contribution in [3.8, 4) is 17.0 Å². The average molecular weight is 270 g/mol. The van der Waals surface area contributed by atoms with Gasteiger partial charge >= 0.3 is 0 Å². The average Bonchev–Trinajstić information content (AvgIpc) is 2.84. The van der Waals surface area contributed by atoms with Crippen LogP contribution in [0.4, 0.5) is 5.69 Å². The molecule has 0 aliphatic carbocycles. The fourth-order valence-corrected chi connectivity index (χ4v) is 2.24. The number of aryl methyl sites for hydroxylation is 1. The van der Waals surface area contributed by atoms with Crippen LogP contribution in [0.2, 0.25) is 0 Å². The van der Waals surface area contributed by atoms with E-state index in [1.165, 1.54) is 18.3 Å². The largest absolute Gasteiger partial charge is 0.506 e. The number of non-ortho nitro benzene ring substituents is 1. The second-order valence-electron chi connectivity index (χ2n) is 4.28. The van der Waals surface area contributed by atoms with Crippen LogP contribution in [-0.4, -0.2) is 24.8 Å². The van der Waals surface area contributed by atoms with Crippen LogP contribution in [-0.2, 0) is 7.05 Å². The van der Waals surface area contributed by atoms with E-state index in [1.807, 2.05) is 0 Å². The minimum Gasteiger partial charge on any atom is -0.506 e. The second kappa shape index (κ2) is 4.30. The number of aromatic nitrogens is 3. The van der Waals surface area contributed by atoms with E-state index in [0.29, 0.717) is 16.6 Å². The molecule has 0 saturated heterocycles. The lowest BCUT2D eigenvalue weighted by Crippen LogP contribution is -1.97. The third-order valence-corrected chi connectivity index (χ3v) is 3.14. The molecular formula is C13H10N4O3. The van der Waals surface area contributed by atoms with E-state index in [9.17, 15) is 15.2 Å². The van der Waals surface area contributed by atoms with Crippen LogP contribution in [0.1, 0.15) is 0 Å². The van der Waals surface area contributed by atoms with Gasteiger partial charge in [-0.05, 0) is 18.2 Å². The van der Waals surface area contributed by atoms with Gasteiger partial charge in [-0.1, -0.05) is 0 Å². The van der Waals surface area contributed by atoms with Crippen molar-refractivity contribution in [3.63, 3.8) is 0 Å².